The van der Waals surface area contributed by atoms with Crippen LogP contribution in [0.3, 0.4) is 0 Å². The fraction of sp³-hybridized carbons (Fsp3) is 0.429. The summed E-state index contributed by atoms with van der Waals surface area (Å²) >= 11 is 6.16. The number of furan rings is 1. The Hall–Kier alpha value is -0.990. The molecule has 0 aliphatic heterocycles. The Morgan fingerprint density at radius 2 is 2.12 bits per heavy atom. The topological polar surface area (TPSA) is 25.2 Å². The van der Waals surface area contributed by atoms with Gasteiger partial charge in [-0.25, -0.2) is 0 Å². The Balaban J connectivity index is 2.58. The van der Waals surface area contributed by atoms with Crippen LogP contribution in [-0.4, -0.2) is 7.05 Å². The zero-order valence-electron chi connectivity index (χ0n) is 10.5. The largest absolute Gasteiger partial charge is 0.458 e. The molecule has 2 rings (SSSR count). The van der Waals surface area contributed by atoms with Crippen molar-refractivity contribution in [1.29, 1.82) is 0 Å². The average Bonchev–Trinajstić information content (AvgIpc) is 2.59. The van der Waals surface area contributed by atoms with E-state index in [2.05, 4.69) is 25.2 Å². The molecule has 0 atom stereocenters. The molecule has 1 aromatic heterocycles. The van der Waals surface area contributed by atoms with Gasteiger partial charge in [0.25, 0.3) is 0 Å². The van der Waals surface area contributed by atoms with Crippen LogP contribution in [0, 0.1) is 5.92 Å². The molecule has 0 bridgehead atoms. The molecule has 17 heavy (non-hydrogen) atoms. The second-order valence-corrected chi connectivity index (χ2v) is 5.16. The van der Waals surface area contributed by atoms with Gasteiger partial charge in [0.1, 0.15) is 5.76 Å². The quantitative estimate of drug-likeness (QED) is 0.889. The van der Waals surface area contributed by atoms with Crippen LogP contribution in [0.2, 0.25) is 5.02 Å². The zero-order chi connectivity index (χ0) is 12.4. The predicted molar refractivity (Wildman–Crippen MR) is 72.5 cm³/mol. The summed E-state index contributed by atoms with van der Waals surface area (Å²) < 4.78 is 5.88. The maximum Gasteiger partial charge on any atom is 0.153 e. The highest BCUT2D eigenvalue weighted by Crippen LogP contribution is 2.32. The van der Waals surface area contributed by atoms with Crippen LogP contribution in [0.25, 0.3) is 11.0 Å². The predicted octanol–water partition coefficient (Wildman–Crippen LogP) is 4.00. The van der Waals surface area contributed by atoms with Crippen molar-refractivity contribution in [2.24, 2.45) is 5.92 Å². The zero-order valence-corrected chi connectivity index (χ0v) is 11.3. The van der Waals surface area contributed by atoms with Gasteiger partial charge in [-0.05, 0) is 25.5 Å². The number of benzene rings is 1. The molecular formula is C14H18ClNO. The van der Waals surface area contributed by atoms with Gasteiger partial charge in [0.15, 0.2) is 5.58 Å². The van der Waals surface area contributed by atoms with E-state index in [0.717, 1.165) is 29.7 Å². The van der Waals surface area contributed by atoms with Crippen LogP contribution in [0.1, 0.15) is 25.2 Å². The van der Waals surface area contributed by atoms with Gasteiger partial charge in [-0.1, -0.05) is 37.6 Å². The molecule has 92 valence electrons. The standard InChI is InChI=1S/C14H18ClNO/c1-9(2)7-11-10-5-4-6-12(15)14(10)17-13(11)8-16-3/h4-6,9,16H,7-8H2,1-3H3. The van der Waals surface area contributed by atoms with Crippen LogP contribution < -0.4 is 5.32 Å². The van der Waals surface area contributed by atoms with Gasteiger partial charge in [-0.15, -0.1) is 0 Å². The Kier molecular flexibility index (Phi) is 3.75. The summed E-state index contributed by atoms with van der Waals surface area (Å²) in [5, 5.41) is 4.98. The molecule has 0 aliphatic carbocycles. The first-order valence-electron chi connectivity index (χ1n) is 5.96. The van der Waals surface area contributed by atoms with Gasteiger partial charge in [-0.2, -0.15) is 0 Å². The molecule has 2 aromatic rings. The smallest absolute Gasteiger partial charge is 0.153 e. The Morgan fingerprint density at radius 1 is 1.35 bits per heavy atom. The van der Waals surface area contributed by atoms with Crippen molar-refractivity contribution in [2.75, 3.05) is 7.05 Å². The first-order chi connectivity index (χ1) is 8.13. The lowest BCUT2D eigenvalue weighted by Gasteiger charge is -2.05. The molecule has 0 saturated carbocycles. The van der Waals surface area contributed by atoms with Gasteiger partial charge in [0.2, 0.25) is 0 Å². The van der Waals surface area contributed by atoms with E-state index < -0.39 is 0 Å². The number of para-hydroxylation sites is 1. The van der Waals surface area contributed by atoms with E-state index in [1.807, 2.05) is 19.2 Å². The van der Waals surface area contributed by atoms with Crippen molar-refractivity contribution in [3.05, 3.63) is 34.5 Å². The molecule has 0 fully saturated rings. The van der Waals surface area contributed by atoms with Gasteiger partial charge < -0.3 is 9.73 Å². The lowest BCUT2D eigenvalue weighted by Crippen LogP contribution is -2.07. The van der Waals surface area contributed by atoms with E-state index >= 15 is 0 Å². The molecule has 0 aliphatic rings. The third kappa shape index (κ3) is 2.48. The summed E-state index contributed by atoms with van der Waals surface area (Å²) in [6.07, 6.45) is 1.02. The van der Waals surface area contributed by atoms with Crippen LogP contribution in [0.4, 0.5) is 0 Å². The van der Waals surface area contributed by atoms with Gasteiger partial charge in [0, 0.05) is 10.9 Å². The number of rotatable bonds is 4. The molecule has 0 radical (unpaired) electrons. The van der Waals surface area contributed by atoms with Crippen molar-refractivity contribution in [1.82, 2.24) is 5.32 Å². The fourth-order valence-electron chi connectivity index (χ4n) is 2.12. The molecular weight excluding hydrogens is 234 g/mol. The minimum atomic E-state index is 0.602. The fourth-order valence-corrected chi connectivity index (χ4v) is 2.33. The van der Waals surface area contributed by atoms with Crippen LogP contribution in [-0.2, 0) is 13.0 Å². The van der Waals surface area contributed by atoms with Crippen LogP contribution >= 0.6 is 11.6 Å². The molecule has 2 nitrogen and oxygen atoms in total. The number of hydrogen-bond donors (Lipinski definition) is 1. The highest BCUT2D eigenvalue weighted by atomic mass is 35.5. The summed E-state index contributed by atoms with van der Waals surface area (Å²) in [6, 6.07) is 5.93. The third-order valence-electron chi connectivity index (χ3n) is 2.80. The van der Waals surface area contributed by atoms with E-state index in [4.69, 9.17) is 16.0 Å². The van der Waals surface area contributed by atoms with E-state index in [1.54, 1.807) is 0 Å². The maximum absolute atomic E-state index is 6.16. The monoisotopic (exact) mass is 251 g/mol. The first kappa shape index (κ1) is 12.5. The van der Waals surface area contributed by atoms with Crippen LogP contribution in [0.15, 0.2) is 22.6 Å². The van der Waals surface area contributed by atoms with E-state index in [-0.39, 0.29) is 0 Å². The minimum Gasteiger partial charge on any atom is -0.458 e. The van der Waals surface area contributed by atoms with Crippen molar-refractivity contribution < 1.29 is 4.42 Å². The number of halogens is 1. The van der Waals surface area contributed by atoms with Crippen molar-refractivity contribution in [3.8, 4) is 0 Å². The SMILES string of the molecule is CNCc1oc2c(Cl)cccc2c1CC(C)C. The third-order valence-corrected chi connectivity index (χ3v) is 3.10. The molecule has 0 unspecified atom stereocenters. The molecule has 3 heteroatoms. The number of nitrogens with one attached hydrogen (secondary N) is 1. The highest BCUT2D eigenvalue weighted by molar-refractivity contribution is 6.34. The lowest BCUT2D eigenvalue weighted by molar-refractivity contribution is 0.516. The van der Waals surface area contributed by atoms with Crippen molar-refractivity contribution >= 4 is 22.6 Å². The second-order valence-electron chi connectivity index (χ2n) is 4.75. The summed E-state index contributed by atoms with van der Waals surface area (Å²) in [5.74, 6) is 1.61. The van der Waals surface area contributed by atoms with E-state index in [1.165, 1.54) is 5.56 Å². The minimum absolute atomic E-state index is 0.602. The first-order valence-corrected chi connectivity index (χ1v) is 6.34. The second kappa shape index (κ2) is 5.11. The number of hydrogen-bond acceptors (Lipinski definition) is 2. The van der Waals surface area contributed by atoms with Crippen LogP contribution in [0.5, 0.6) is 0 Å². The van der Waals surface area contributed by atoms with E-state index in [0.29, 0.717) is 10.9 Å². The normalized spacial score (nSPS) is 11.6. The van der Waals surface area contributed by atoms with Gasteiger partial charge in [-0.3, -0.25) is 0 Å². The lowest BCUT2D eigenvalue weighted by atomic mass is 10.00. The Morgan fingerprint density at radius 3 is 2.76 bits per heavy atom. The average molecular weight is 252 g/mol. The van der Waals surface area contributed by atoms with E-state index in [9.17, 15) is 0 Å². The molecule has 0 amide bonds. The van der Waals surface area contributed by atoms with Gasteiger partial charge in [0.05, 0.1) is 11.6 Å². The molecule has 1 N–H and O–H groups in total. The molecule has 0 saturated heterocycles. The van der Waals surface area contributed by atoms with Crippen molar-refractivity contribution in [2.45, 2.75) is 26.8 Å². The Labute approximate surface area is 107 Å². The highest BCUT2D eigenvalue weighted by Gasteiger charge is 2.16. The summed E-state index contributed by atoms with van der Waals surface area (Å²) in [5.41, 5.74) is 2.10. The maximum atomic E-state index is 6.16. The van der Waals surface area contributed by atoms with Crippen molar-refractivity contribution in [3.63, 3.8) is 0 Å². The Bertz CT molecular complexity index is 516. The number of fused-ring (bicyclic) bond motifs is 1. The molecule has 1 heterocycles. The molecule has 1 aromatic carbocycles. The summed E-state index contributed by atoms with van der Waals surface area (Å²) in [6.45, 7) is 5.17. The summed E-state index contributed by atoms with van der Waals surface area (Å²) in [4.78, 5) is 0. The molecule has 0 spiro atoms. The summed E-state index contributed by atoms with van der Waals surface area (Å²) in [7, 11) is 1.92. The van der Waals surface area contributed by atoms with Gasteiger partial charge >= 0.3 is 0 Å².